The van der Waals surface area contributed by atoms with Crippen LogP contribution in [-0.2, 0) is 10.0 Å². The average Bonchev–Trinajstić information content (AvgIpc) is 2.30. The molecular formula is C12H24N2O2S. The van der Waals surface area contributed by atoms with Crippen molar-refractivity contribution in [3.63, 3.8) is 0 Å². The number of hydrogen-bond donors (Lipinski definition) is 1. The molecule has 0 radical (unpaired) electrons. The zero-order valence-electron chi connectivity index (χ0n) is 10.7. The van der Waals surface area contributed by atoms with Crippen LogP contribution in [0.1, 0.15) is 39.0 Å². The van der Waals surface area contributed by atoms with Gasteiger partial charge in [-0.3, -0.25) is 0 Å². The minimum atomic E-state index is -3.04. The standard InChI is InChI=1S/C12H24N2O2S/c1-11-9-13-7-8-14(11)17(15,16)10-12-5-3-2-4-6-12/h11-13H,2-10H2,1H3/t11-/m0/s1. The molecule has 0 bridgehead atoms. The molecule has 100 valence electrons. The zero-order chi connectivity index (χ0) is 12.3. The summed E-state index contributed by atoms with van der Waals surface area (Å²) in [5.41, 5.74) is 0. The Morgan fingerprint density at radius 2 is 1.94 bits per heavy atom. The van der Waals surface area contributed by atoms with Crippen molar-refractivity contribution in [3.05, 3.63) is 0 Å². The summed E-state index contributed by atoms with van der Waals surface area (Å²) < 4.78 is 26.4. The number of hydrogen-bond acceptors (Lipinski definition) is 3. The number of sulfonamides is 1. The van der Waals surface area contributed by atoms with E-state index in [1.165, 1.54) is 19.3 Å². The van der Waals surface area contributed by atoms with Crippen molar-refractivity contribution < 1.29 is 8.42 Å². The number of nitrogens with zero attached hydrogens (tertiary/aromatic N) is 1. The molecule has 2 rings (SSSR count). The highest BCUT2D eigenvalue weighted by Gasteiger charge is 2.31. The van der Waals surface area contributed by atoms with Gasteiger partial charge in [-0.15, -0.1) is 0 Å². The maximum atomic E-state index is 12.4. The Morgan fingerprint density at radius 3 is 2.59 bits per heavy atom. The molecule has 0 aromatic carbocycles. The molecular weight excluding hydrogens is 236 g/mol. The van der Waals surface area contributed by atoms with E-state index in [0.717, 1.165) is 25.9 Å². The second-order valence-electron chi connectivity index (χ2n) is 5.45. The summed E-state index contributed by atoms with van der Waals surface area (Å²) in [6, 6.07) is 0.109. The van der Waals surface area contributed by atoms with Gasteiger partial charge >= 0.3 is 0 Å². The minimum absolute atomic E-state index is 0.109. The van der Waals surface area contributed by atoms with Crippen LogP contribution >= 0.6 is 0 Å². The van der Waals surface area contributed by atoms with Gasteiger partial charge in [-0.05, 0) is 25.7 Å². The lowest BCUT2D eigenvalue weighted by atomic mass is 9.91. The first kappa shape index (κ1) is 13.3. The Kier molecular flexibility index (Phi) is 4.44. The van der Waals surface area contributed by atoms with Crippen LogP contribution in [0.15, 0.2) is 0 Å². The Labute approximate surface area is 105 Å². The van der Waals surface area contributed by atoms with E-state index < -0.39 is 10.0 Å². The fraction of sp³-hybridized carbons (Fsp3) is 1.00. The van der Waals surface area contributed by atoms with Gasteiger partial charge in [-0.1, -0.05) is 19.3 Å². The molecule has 2 aliphatic rings. The fourth-order valence-electron chi connectivity index (χ4n) is 2.98. The topological polar surface area (TPSA) is 49.4 Å². The minimum Gasteiger partial charge on any atom is -0.314 e. The third-order valence-electron chi connectivity index (χ3n) is 3.97. The van der Waals surface area contributed by atoms with Crippen LogP contribution in [0.3, 0.4) is 0 Å². The lowest BCUT2D eigenvalue weighted by molar-refractivity contribution is 0.279. The second-order valence-corrected chi connectivity index (χ2v) is 7.41. The van der Waals surface area contributed by atoms with Gasteiger partial charge in [0.25, 0.3) is 0 Å². The van der Waals surface area contributed by atoms with Crippen LogP contribution < -0.4 is 5.32 Å². The van der Waals surface area contributed by atoms with Crippen molar-refractivity contribution in [2.24, 2.45) is 5.92 Å². The monoisotopic (exact) mass is 260 g/mol. The second kappa shape index (κ2) is 5.67. The molecule has 1 N–H and O–H groups in total. The van der Waals surface area contributed by atoms with Gasteiger partial charge in [0.05, 0.1) is 5.75 Å². The molecule has 0 unspecified atom stereocenters. The molecule has 0 amide bonds. The van der Waals surface area contributed by atoms with Gasteiger partial charge in [-0.25, -0.2) is 8.42 Å². The van der Waals surface area contributed by atoms with Crippen molar-refractivity contribution in [2.45, 2.75) is 45.1 Å². The van der Waals surface area contributed by atoms with E-state index in [2.05, 4.69) is 5.32 Å². The molecule has 0 aromatic heterocycles. The van der Waals surface area contributed by atoms with Crippen LogP contribution in [0.4, 0.5) is 0 Å². The summed E-state index contributed by atoms with van der Waals surface area (Å²) in [7, 11) is -3.04. The SMILES string of the molecule is C[C@H]1CNCCN1S(=O)(=O)CC1CCCCC1. The lowest BCUT2D eigenvalue weighted by Gasteiger charge is -2.34. The number of rotatable bonds is 3. The van der Waals surface area contributed by atoms with E-state index in [-0.39, 0.29) is 6.04 Å². The van der Waals surface area contributed by atoms with Crippen LogP contribution in [0.5, 0.6) is 0 Å². The van der Waals surface area contributed by atoms with Gasteiger partial charge in [0, 0.05) is 25.7 Å². The maximum absolute atomic E-state index is 12.4. The molecule has 1 atom stereocenters. The Hall–Kier alpha value is -0.130. The van der Waals surface area contributed by atoms with E-state index in [4.69, 9.17) is 0 Å². The van der Waals surface area contributed by atoms with Crippen LogP contribution in [0.25, 0.3) is 0 Å². The number of piperazine rings is 1. The molecule has 0 spiro atoms. The molecule has 17 heavy (non-hydrogen) atoms. The Bertz CT molecular complexity index is 336. The van der Waals surface area contributed by atoms with E-state index in [9.17, 15) is 8.42 Å². The maximum Gasteiger partial charge on any atom is 0.214 e. The summed E-state index contributed by atoms with van der Waals surface area (Å²) in [4.78, 5) is 0. The van der Waals surface area contributed by atoms with E-state index in [1.807, 2.05) is 6.92 Å². The largest absolute Gasteiger partial charge is 0.314 e. The highest BCUT2D eigenvalue weighted by molar-refractivity contribution is 7.89. The smallest absolute Gasteiger partial charge is 0.214 e. The first-order chi connectivity index (χ1) is 8.09. The molecule has 1 aliphatic carbocycles. The first-order valence-electron chi connectivity index (χ1n) is 6.80. The van der Waals surface area contributed by atoms with Crippen molar-refractivity contribution in [3.8, 4) is 0 Å². The lowest BCUT2D eigenvalue weighted by Crippen LogP contribution is -2.53. The van der Waals surface area contributed by atoms with Gasteiger partial charge in [0.15, 0.2) is 0 Å². The normalized spacial score (nSPS) is 29.4. The summed E-state index contributed by atoms with van der Waals surface area (Å²) in [5.74, 6) is 0.771. The highest BCUT2D eigenvalue weighted by atomic mass is 32.2. The van der Waals surface area contributed by atoms with Crippen LogP contribution in [-0.4, -0.2) is 44.2 Å². The summed E-state index contributed by atoms with van der Waals surface area (Å²) in [5, 5.41) is 3.23. The van der Waals surface area contributed by atoms with Gasteiger partial charge in [0.1, 0.15) is 0 Å². The third kappa shape index (κ3) is 3.42. The molecule has 1 saturated heterocycles. The molecule has 5 heteroatoms. The van der Waals surface area contributed by atoms with Crippen molar-refractivity contribution in [2.75, 3.05) is 25.4 Å². The highest BCUT2D eigenvalue weighted by Crippen LogP contribution is 2.26. The predicted molar refractivity (Wildman–Crippen MR) is 69.4 cm³/mol. The van der Waals surface area contributed by atoms with Crippen molar-refractivity contribution >= 4 is 10.0 Å². The molecule has 1 heterocycles. The van der Waals surface area contributed by atoms with E-state index in [1.54, 1.807) is 4.31 Å². The van der Waals surface area contributed by atoms with E-state index >= 15 is 0 Å². The average molecular weight is 260 g/mol. The third-order valence-corrected chi connectivity index (χ3v) is 6.12. The molecule has 2 fully saturated rings. The Morgan fingerprint density at radius 1 is 1.24 bits per heavy atom. The van der Waals surface area contributed by atoms with Crippen LogP contribution in [0.2, 0.25) is 0 Å². The molecule has 0 aromatic rings. The molecule has 1 saturated carbocycles. The van der Waals surface area contributed by atoms with Gasteiger partial charge in [-0.2, -0.15) is 4.31 Å². The van der Waals surface area contributed by atoms with Crippen molar-refractivity contribution in [1.82, 2.24) is 9.62 Å². The summed E-state index contributed by atoms with van der Waals surface area (Å²) >= 11 is 0. The predicted octanol–water partition coefficient (Wildman–Crippen LogP) is 1.19. The summed E-state index contributed by atoms with van der Waals surface area (Å²) in [6.07, 6.45) is 5.88. The van der Waals surface area contributed by atoms with Crippen LogP contribution in [0, 0.1) is 5.92 Å². The number of nitrogens with one attached hydrogen (secondary N) is 1. The molecule has 4 nitrogen and oxygen atoms in total. The fourth-order valence-corrected chi connectivity index (χ4v) is 5.10. The quantitative estimate of drug-likeness (QED) is 0.829. The van der Waals surface area contributed by atoms with E-state index in [0.29, 0.717) is 18.2 Å². The summed E-state index contributed by atoms with van der Waals surface area (Å²) in [6.45, 7) is 4.19. The van der Waals surface area contributed by atoms with Gasteiger partial charge < -0.3 is 5.32 Å². The van der Waals surface area contributed by atoms with Crippen molar-refractivity contribution in [1.29, 1.82) is 0 Å². The molecule has 1 aliphatic heterocycles. The first-order valence-corrected chi connectivity index (χ1v) is 8.41. The Balaban J connectivity index is 1.96. The van der Waals surface area contributed by atoms with Gasteiger partial charge in [0.2, 0.25) is 10.0 Å². The zero-order valence-corrected chi connectivity index (χ0v) is 11.5.